The van der Waals surface area contributed by atoms with E-state index in [1.165, 1.54) is 0 Å². The average molecular weight is 360 g/mol. The van der Waals surface area contributed by atoms with Gasteiger partial charge in [0.05, 0.1) is 14.8 Å². The molecule has 0 aromatic carbocycles. The molecule has 0 saturated carbocycles. The van der Waals surface area contributed by atoms with Crippen LogP contribution in [0.1, 0.15) is 9.67 Å². The van der Waals surface area contributed by atoms with Gasteiger partial charge in [-0.1, -0.05) is 0 Å². The van der Waals surface area contributed by atoms with Crippen molar-refractivity contribution < 1.29 is 14.0 Å². The molecule has 8 heteroatoms. The molecule has 1 rings (SSSR count). The highest BCUT2D eigenvalue weighted by molar-refractivity contribution is 9.13. The van der Waals surface area contributed by atoms with Crippen molar-refractivity contribution in [3.63, 3.8) is 0 Å². The van der Waals surface area contributed by atoms with Gasteiger partial charge in [-0.05, 0) is 31.9 Å². The molecule has 0 aliphatic carbocycles. The van der Waals surface area contributed by atoms with Crippen LogP contribution in [0.3, 0.4) is 0 Å². The molecule has 3 N–H and O–H groups in total. The molecule has 0 radical (unpaired) electrons. The van der Waals surface area contributed by atoms with Crippen molar-refractivity contribution in [2.45, 2.75) is 0 Å². The minimum Gasteiger partial charge on any atom is -0.368 e. The number of amides is 2. The molecule has 1 aromatic rings. The molecular formula is C7H5Br2FN2O2S. The van der Waals surface area contributed by atoms with E-state index in [1.807, 2.05) is 0 Å². The predicted molar refractivity (Wildman–Crippen MR) is 61.2 cm³/mol. The second-order valence-corrected chi connectivity index (χ2v) is 5.61. The standard InChI is InChI=1S/C7H5Br2FN2O2S/c8-3-4(10)5(15-6(3)9)7(14)12-1-2(11)13/h1H2,(H2,11,13)(H,12,14). The minimum atomic E-state index is -0.682. The van der Waals surface area contributed by atoms with Gasteiger partial charge < -0.3 is 11.1 Å². The summed E-state index contributed by atoms with van der Waals surface area (Å²) in [5, 5.41) is 2.20. The molecule has 0 spiro atoms. The zero-order valence-corrected chi connectivity index (χ0v) is 11.1. The molecule has 0 aliphatic rings. The molecule has 0 aliphatic heterocycles. The number of nitrogens with two attached hydrogens (primary N) is 1. The van der Waals surface area contributed by atoms with E-state index in [4.69, 9.17) is 5.73 Å². The molecular weight excluding hydrogens is 355 g/mol. The number of carbonyl (C=O) groups excluding carboxylic acids is 2. The van der Waals surface area contributed by atoms with Crippen molar-refractivity contribution in [3.05, 3.63) is 19.0 Å². The SMILES string of the molecule is NC(=O)CNC(=O)c1sc(Br)c(Br)c1F. The number of carbonyl (C=O) groups is 2. The molecule has 15 heavy (non-hydrogen) atoms. The maximum absolute atomic E-state index is 13.4. The number of primary amides is 1. The Kier molecular flexibility index (Phi) is 4.23. The summed E-state index contributed by atoms with van der Waals surface area (Å²) in [6.07, 6.45) is 0. The zero-order chi connectivity index (χ0) is 11.6. The summed E-state index contributed by atoms with van der Waals surface area (Å²) in [6, 6.07) is 0. The summed E-state index contributed by atoms with van der Waals surface area (Å²) >= 11 is 6.97. The van der Waals surface area contributed by atoms with E-state index >= 15 is 0 Å². The molecule has 2 amide bonds. The molecule has 82 valence electrons. The van der Waals surface area contributed by atoms with Gasteiger partial charge in [0.2, 0.25) is 5.91 Å². The normalized spacial score (nSPS) is 10.1. The molecule has 0 saturated heterocycles. The van der Waals surface area contributed by atoms with Crippen molar-refractivity contribution in [1.29, 1.82) is 0 Å². The van der Waals surface area contributed by atoms with E-state index in [0.29, 0.717) is 3.79 Å². The van der Waals surface area contributed by atoms with Gasteiger partial charge in [-0.3, -0.25) is 9.59 Å². The van der Waals surface area contributed by atoms with E-state index in [0.717, 1.165) is 11.3 Å². The summed E-state index contributed by atoms with van der Waals surface area (Å²) < 4.78 is 14.0. The maximum atomic E-state index is 13.4. The maximum Gasteiger partial charge on any atom is 0.264 e. The first-order valence-corrected chi connectivity index (χ1v) is 6.03. The molecule has 0 unspecified atom stereocenters. The van der Waals surface area contributed by atoms with Crippen LogP contribution in [-0.4, -0.2) is 18.4 Å². The van der Waals surface area contributed by atoms with E-state index in [1.54, 1.807) is 0 Å². The van der Waals surface area contributed by atoms with Crippen LogP contribution in [0.5, 0.6) is 0 Å². The Bertz CT molecular complexity index is 421. The molecule has 0 atom stereocenters. The van der Waals surface area contributed by atoms with Crippen LogP contribution in [-0.2, 0) is 4.79 Å². The monoisotopic (exact) mass is 358 g/mol. The van der Waals surface area contributed by atoms with Gasteiger partial charge in [-0.15, -0.1) is 11.3 Å². The van der Waals surface area contributed by atoms with E-state index < -0.39 is 17.6 Å². The first kappa shape index (κ1) is 12.6. The summed E-state index contributed by atoms with van der Waals surface area (Å²) in [6.45, 7) is -0.314. The van der Waals surface area contributed by atoms with Crippen molar-refractivity contribution in [3.8, 4) is 0 Å². The lowest BCUT2D eigenvalue weighted by atomic mass is 10.4. The smallest absolute Gasteiger partial charge is 0.264 e. The van der Waals surface area contributed by atoms with Gasteiger partial charge in [-0.25, -0.2) is 4.39 Å². The third kappa shape index (κ3) is 2.99. The molecule has 4 nitrogen and oxygen atoms in total. The Morgan fingerprint density at radius 3 is 2.47 bits per heavy atom. The molecule has 1 heterocycles. The third-order valence-corrected chi connectivity index (χ3v) is 4.76. The Labute approximate surface area is 105 Å². The Balaban J connectivity index is 2.83. The molecule has 0 bridgehead atoms. The second-order valence-electron chi connectivity index (χ2n) is 2.48. The van der Waals surface area contributed by atoms with E-state index in [-0.39, 0.29) is 15.9 Å². The summed E-state index contributed by atoms with van der Waals surface area (Å²) in [7, 11) is 0. The first-order valence-electron chi connectivity index (χ1n) is 3.63. The molecule has 0 fully saturated rings. The Morgan fingerprint density at radius 2 is 2.07 bits per heavy atom. The highest BCUT2D eigenvalue weighted by Crippen LogP contribution is 2.35. The quantitative estimate of drug-likeness (QED) is 0.860. The Hall–Kier alpha value is -0.470. The third-order valence-electron chi connectivity index (χ3n) is 1.39. The predicted octanol–water partition coefficient (Wildman–Crippen LogP) is 1.63. The van der Waals surface area contributed by atoms with Gasteiger partial charge >= 0.3 is 0 Å². The van der Waals surface area contributed by atoms with E-state index in [2.05, 4.69) is 37.2 Å². The summed E-state index contributed by atoms with van der Waals surface area (Å²) in [5.41, 5.74) is 4.83. The largest absolute Gasteiger partial charge is 0.368 e. The number of thiophene rings is 1. The lowest BCUT2D eigenvalue weighted by Crippen LogP contribution is -2.33. The number of hydrogen-bond acceptors (Lipinski definition) is 3. The van der Waals surface area contributed by atoms with Crippen LogP contribution in [0, 0.1) is 5.82 Å². The van der Waals surface area contributed by atoms with Crippen LogP contribution in [0.25, 0.3) is 0 Å². The second kappa shape index (κ2) is 5.04. The fourth-order valence-electron chi connectivity index (χ4n) is 0.759. The van der Waals surface area contributed by atoms with Crippen LogP contribution in [0.2, 0.25) is 0 Å². The number of nitrogens with one attached hydrogen (secondary N) is 1. The first-order chi connectivity index (χ1) is 6.93. The van der Waals surface area contributed by atoms with Crippen LogP contribution in [0.15, 0.2) is 8.26 Å². The minimum absolute atomic E-state index is 0.102. The van der Waals surface area contributed by atoms with Crippen LogP contribution >= 0.6 is 43.2 Å². The fourth-order valence-corrected chi connectivity index (χ4v) is 2.71. The van der Waals surface area contributed by atoms with Gasteiger partial charge in [0.15, 0.2) is 5.82 Å². The van der Waals surface area contributed by atoms with Gasteiger partial charge in [0.1, 0.15) is 4.88 Å². The van der Waals surface area contributed by atoms with Crippen molar-refractivity contribution in [2.24, 2.45) is 5.73 Å². The van der Waals surface area contributed by atoms with Gasteiger partial charge in [0, 0.05) is 0 Å². The summed E-state index contributed by atoms with van der Waals surface area (Å²) in [4.78, 5) is 21.6. The lowest BCUT2D eigenvalue weighted by Gasteiger charge is -1.99. The van der Waals surface area contributed by atoms with E-state index in [9.17, 15) is 14.0 Å². The van der Waals surface area contributed by atoms with Crippen LogP contribution < -0.4 is 11.1 Å². The number of halogens is 3. The van der Waals surface area contributed by atoms with Crippen molar-refractivity contribution in [2.75, 3.05) is 6.54 Å². The van der Waals surface area contributed by atoms with Gasteiger partial charge in [0.25, 0.3) is 5.91 Å². The van der Waals surface area contributed by atoms with Crippen molar-refractivity contribution in [1.82, 2.24) is 5.32 Å². The van der Waals surface area contributed by atoms with Gasteiger partial charge in [-0.2, -0.15) is 0 Å². The highest BCUT2D eigenvalue weighted by Gasteiger charge is 2.20. The Morgan fingerprint density at radius 1 is 1.47 bits per heavy atom. The summed E-state index contributed by atoms with van der Waals surface area (Å²) in [5.74, 6) is -2.00. The number of rotatable bonds is 3. The molecule has 1 aromatic heterocycles. The van der Waals surface area contributed by atoms with Crippen molar-refractivity contribution >= 4 is 55.0 Å². The average Bonchev–Trinajstić information content (AvgIpc) is 2.42. The van der Waals surface area contributed by atoms with Crippen LogP contribution in [0.4, 0.5) is 4.39 Å². The number of hydrogen-bond donors (Lipinski definition) is 2. The fraction of sp³-hybridized carbons (Fsp3) is 0.143. The topological polar surface area (TPSA) is 72.2 Å². The lowest BCUT2D eigenvalue weighted by molar-refractivity contribution is -0.117. The zero-order valence-electron chi connectivity index (χ0n) is 7.14. The highest BCUT2D eigenvalue weighted by atomic mass is 79.9.